The van der Waals surface area contributed by atoms with E-state index in [2.05, 4.69) is 25.6 Å². The summed E-state index contributed by atoms with van der Waals surface area (Å²) in [5.74, 6) is 0.894. The first kappa shape index (κ1) is 15.6. The number of rotatable bonds is 0. The Bertz CT molecular complexity index is 991. The van der Waals surface area contributed by atoms with Gasteiger partial charge in [-0.15, -0.1) is 0 Å². The Hall–Kier alpha value is -2.96. The van der Waals surface area contributed by atoms with Gasteiger partial charge in [-0.25, -0.2) is 15.0 Å². The average molecular weight is 370 g/mol. The van der Waals surface area contributed by atoms with Gasteiger partial charge < -0.3 is 10.6 Å². The number of nitrogens with one attached hydrogen (secondary N) is 2. The minimum absolute atomic E-state index is 0. The summed E-state index contributed by atoms with van der Waals surface area (Å²) in [6, 6.07) is 0. The molecule has 0 aromatic heterocycles. The standard InChI is InChI=1S/C19H13N5.Co/c1-2-13-8-15-5-6-17(23-15)10-19-20-11-18(24-19)9-16-4-3-14(22-16)7-12(1)21-13;/h1-11,20,24H;. The second-order valence-corrected chi connectivity index (χ2v) is 5.74. The first-order valence-corrected chi connectivity index (χ1v) is 7.71. The molecule has 0 spiro atoms. The molecule has 5 rings (SSSR count). The van der Waals surface area contributed by atoms with Crippen LogP contribution < -0.4 is 10.6 Å². The number of aliphatic imine (C=N–C) groups is 3. The van der Waals surface area contributed by atoms with E-state index in [9.17, 15) is 0 Å². The molecule has 8 bridgehead atoms. The van der Waals surface area contributed by atoms with Crippen LogP contribution >= 0.6 is 0 Å². The van der Waals surface area contributed by atoms with E-state index in [0.29, 0.717) is 0 Å². The summed E-state index contributed by atoms with van der Waals surface area (Å²) in [5.41, 5.74) is 6.34. The van der Waals surface area contributed by atoms with Crippen molar-refractivity contribution in [2.75, 3.05) is 0 Å². The van der Waals surface area contributed by atoms with Crippen LogP contribution in [-0.4, -0.2) is 17.1 Å². The van der Waals surface area contributed by atoms with Crippen molar-refractivity contribution >= 4 is 17.1 Å². The summed E-state index contributed by atoms with van der Waals surface area (Å²) in [6.45, 7) is 0. The molecule has 0 atom stereocenters. The van der Waals surface area contributed by atoms with Gasteiger partial charge in [0.15, 0.2) is 0 Å². The van der Waals surface area contributed by atoms with E-state index in [1.165, 1.54) is 0 Å². The number of fused-ring (bicyclic) bond motifs is 5. The van der Waals surface area contributed by atoms with Crippen LogP contribution in [-0.2, 0) is 16.8 Å². The molecule has 123 valence electrons. The second-order valence-electron chi connectivity index (χ2n) is 5.74. The van der Waals surface area contributed by atoms with Gasteiger partial charge in [-0.3, -0.25) is 0 Å². The molecule has 0 aliphatic carbocycles. The Morgan fingerprint density at radius 1 is 0.600 bits per heavy atom. The molecule has 0 unspecified atom stereocenters. The SMILES string of the molecule is C1=CC2=NC1=CC1=CNC(=CC3=NC(=CC4=NC(=C2)C=C4)C=C3)N1.[Co]. The maximum Gasteiger partial charge on any atom is 0.109 e. The van der Waals surface area contributed by atoms with Gasteiger partial charge in [-0.05, 0) is 54.7 Å². The summed E-state index contributed by atoms with van der Waals surface area (Å²) in [6.07, 6.45) is 21.8. The van der Waals surface area contributed by atoms with Gasteiger partial charge in [0.1, 0.15) is 5.82 Å². The monoisotopic (exact) mass is 370 g/mol. The van der Waals surface area contributed by atoms with Gasteiger partial charge in [0.05, 0.1) is 39.9 Å². The number of hydrogen-bond donors (Lipinski definition) is 2. The van der Waals surface area contributed by atoms with Crippen LogP contribution in [0.3, 0.4) is 0 Å². The third kappa shape index (κ3) is 3.17. The van der Waals surface area contributed by atoms with Crippen LogP contribution in [0.5, 0.6) is 0 Å². The van der Waals surface area contributed by atoms with Crippen LogP contribution in [0.4, 0.5) is 0 Å². The number of hydrogen-bond acceptors (Lipinski definition) is 5. The minimum Gasteiger partial charge on any atom is -0.346 e. The zero-order valence-electron chi connectivity index (χ0n) is 13.0. The molecule has 0 aromatic carbocycles. The molecule has 5 aliphatic heterocycles. The fraction of sp³-hybridized carbons (Fsp3) is 0. The predicted molar refractivity (Wildman–Crippen MR) is 96.4 cm³/mol. The molecule has 6 heteroatoms. The van der Waals surface area contributed by atoms with Crippen LogP contribution in [0.1, 0.15) is 0 Å². The summed E-state index contributed by atoms with van der Waals surface area (Å²) >= 11 is 0. The van der Waals surface area contributed by atoms with Gasteiger partial charge in [0.2, 0.25) is 0 Å². The summed E-state index contributed by atoms with van der Waals surface area (Å²) in [5, 5.41) is 6.52. The maximum absolute atomic E-state index is 4.60. The third-order valence-corrected chi connectivity index (χ3v) is 3.90. The minimum atomic E-state index is 0. The molecular weight excluding hydrogens is 357 g/mol. The molecule has 25 heavy (non-hydrogen) atoms. The fourth-order valence-corrected chi connectivity index (χ4v) is 2.81. The first-order valence-electron chi connectivity index (χ1n) is 7.71. The van der Waals surface area contributed by atoms with E-state index in [-0.39, 0.29) is 16.8 Å². The van der Waals surface area contributed by atoms with Crippen molar-refractivity contribution in [3.05, 3.63) is 95.6 Å². The molecule has 1 radical (unpaired) electrons. The van der Waals surface area contributed by atoms with Crippen molar-refractivity contribution < 1.29 is 16.8 Å². The molecule has 5 aliphatic rings. The Labute approximate surface area is 155 Å². The van der Waals surface area contributed by atoms with Gasteiger partial charge in [-0.1, -0.05) is 0 Å². The van der Waals surface area contributed by atoms with Crippen molar-refractivity contribution in [1.29, 1.82) is 0 Å². The van der Waals surface area contributed by atoms with Gasteiger partial charge in [-0.2, -0.15) is 0 Å². The largest absolute Gasteiger partial charge is 0.346 e. The number of nitrogens with zero attached hydrogens (tertiary/aromatic N) is 3. The topological polar surface area (TPSA) is 61.1 Å². The second kappa shape index (κ2) is 6.16. The van der Waals surface area contributed by atoms with Crippen molar-refractivity contribution in [3.8, 4) is 0 Å². The van der Waals surface area contributed by atoms with E-state index in [0.717, 1.165) is 45.7 Å². The molecule has 0 aromatic rings. The quantitative estimate of drug-likeness (QED) is 0.689. The number of allylic oxidation sites excluding steroid dienone is 10. The average Bonchev–Trinajstić information content (AvgIpc) is 3.32. The van der Waals surface area contributed by atoms with Crippen molar-refractivity contribution in [2.45, 2.75) is 0 Å². The van der Waals surface area contributed by atoms with Crippen LogP contribution in [0.15, 0.2) is 111 Å². The summed E-state index contributed by atoms with van der Waals surface area (Å²) < 4.78 is 0. The smallest absolute Gasteiger partial charge is 0.109 e. The third-order valence-electron chi connectivity index (χ3n) is 3.90. The zero-order valence-corrected chi connectivity index (χ0v) is 14.1. The first-order chi connectivity index (χ1) is 11.8. The Balaban J connectivity index is 0.00000157. The summed E-state index contributed by atoms with van der Waals surface area (Å²) in [7, 11) is 0. The fourth-order valence-electron chi connectivity index (χ4n) is 2.81. The Morgan fingerprint density at radius 3 is 1.72 bits per heavy atom. The van der Waals surface area contributed by atoms with E-state index >= 15 is 0 Å². The molecule has 5 nitrogen and oxygen atoms in total. The van der Waals surface area contributed by atoms with Crippen LogP contribution in [0, 0.1) is 0 Å². The Kier molecular flexibility index (Phi) is 3.83. The molecule has 2 N–H and O–H groups in total. The normalized spacial score (nSPS) is 21.8. The van der Waals surface area contributed by atoms with Crippen LogP contribution in [0.25, 0.3) is 0 Å². The molecule has 0 saturated carbocycles. The molecular formula is C19H13CoN5. The molecule has 0 saturated heterocycles. The molecule has 5 heterocycles. The van der Waals surface area contributed by atoms with Gasteiger partial charge in [0.25, 0.3) is 0 Å². The molecule has 0 amide bonds. The van der Waals surface area contributed by atoms with Gasteiger partial charge in [0, 0.05) is 29.1 Å². The van der Waals surface area contributed by atoms with E-state index in [1.54, 1.807) is 0 Å². The molecule has 0 fully saturated rings. The van der Waals surface area contributed by atoms with Gasteiger partial charge >= 0.3 is 0 Å². The van der Waals surface area contributed by atoms with Crippen molar-refractivity contribution in [1.82, 2.24) is 10.6 Å². The zero-order chi connectivity index (χ0) is 15.9. The van der Waals surface area contributed by atoms with E-state index in [1.807, 2.05) is 67.0 Å². The van der Waals surface area contributed by atoms with E-state index in [4.69, 9.17) is 0 Å². The summed E-state index contributed by atoms with van der Waals surface area (Å²) in [4.78, 5) is 13.8. The van der Waals surface area contributed by atoms with E-state index < -0.39 is 0 Å². The maximum atomic E-state index is 4.60. The van der Waals surface area contributed by atoms with Crippen molar-refractivity contribution in [3.63, 3.8) is 0 Å². The van der Waals surface area contributed by atoms with Crippen LogP contribution in [0.2, 0.25) is 0 Å². The van der Waals surface area contributed by atoms with Crippen molar-refractivity contribution in [2.24, 2.45) is 15.0 Å². The Morgan fingerprint density at radius 2 is 1.12 bits per heavy atom. The predicted octanol–water partition coefficient (Wildman–Crippen LogP) is 2.56.